The number of ether oxygens (including phenoxy) is 1. The first kappa shape index (κ1) is 18.2. The summed E-state index contributed by atoms with van der Waals surface area (Å²) in [5.74, 6) is 0.247. The summed E-state index contributed by atoms with van der Waals surface area (Å²) in [5, 5.41) is 3.32. The second-order valence-electron chi connectivity index (χ2n) is 6.89. The van der Waals surface area contributed by atoms with Gasteiger partial charge in [0, 0.05) is 25.6 Å². The van der Waals surface area contributed by atoms with E-state index in [1.54, 1.807) is 13.2 Å². The minimum atomic E-state index is -4.48. The van der Waals surface area contributed by atoms with Gasteiger partial charge >= 0.3 is 6.18 Å². The number of aromatic nitrogens is 1. The van der Waals surface area contributed by atoms with Crippen molar-refractivity contribution in [3.63, 3.8) is 0 Å². The van der Waals surface area contributed by atoms with Crippen LogP contribution in [0.4, 0.5) is 13.2 Å². The fourth-order valence-corrected chi connectivity index (χ4v) is 3.36. The topological polar surface area (TPSA) is 47.3 Å². The van der Waals surface area contributed by atoms with Gasteiger partial charge in [-0.15, -0.1) is 0 Å². The van der Waals surface area contributed by atoms with Crippen molar-refractivity contribution in [2.75, 3.05) is 7.11 Å². The highest BCUT2D eigenvalue weighted by atomic mass is 19.4. The van der Waals surface area contributed by atoms with Crippen LogP contribution in [0.1, 0.15) is 56.0 Å². The minimum absolute atomic E-state index is 0.0731. The van der Waals surface area contributed by atoms with Crippen LogP contribution in [0.2, 0.25) is 0 Å². The smallest absolute Gasteiger partial charge is 0.420 e. The lowest BCUT2D eigenvalue weighted by molar-refractivity contribution is -0.136. The number of benzene rings is 1. The zero-order valence-electron chi connectivity index (χ0n) is 14.6. The van der Waals surface area contributed by atoms with Crippen molar-refractivity contribution in [3.8, 4) is 0 Å². The molecule has 0 spiro atoms. The first-order chi connectivity index (χ1) is 11.8. The maximum atomic E-state index is 13.4. The maximum absolute atomic E-state index is 13.4. The zero-order valence-corrected chi connectivity index (χ0v) is 14.6. The Morgan fingerprint density at radius 1 is 1.32 bits per heavy atom. The van der Waals surface area contributed by atoms with E-state index in [2.05, 4.69) is 10.3 Å². The summed E-state index contributed by atoms with van der Waals surface area (Å²) >= 11 is 0. The minimum Gasteiger partial charge on any atom is -0.440 e. The number of hydrogen-bond acceptors (Lipinski definition) is 4. The van der Waals surface area contributed by atoms with Gasteiger partial charge < -0.3 is 14.5 Å². The van der Waals surface area contributed by atoms with E-state index in [9.17, 15) is 13.2 Å². The molecule has 0 saturated heterocycles. The molecule has 7 heteroatoms. The fourth-order valence-electron chi connectivity index (χ4n) is 3.36. The van der Waals surface area contributed by atoms with Crippen LogP contribution in [0.3, 0.4) is 0 Å². The van der Waals surface area contributed by atoms with Crippen LogP contribution in [-0.2, 0) is 17.5 Å². The number of halogens is 3. The summed E-state index contributed by atoms with van der Waals surface area (Å²) in [5.41, 5.74) is -0.151. The Hall–Kier alpha value is -1.60. The highest BCUT2D eigenvalue weighted by Gasteiger charge is 2.36. The van der Waals surface area contributed by atoms with Crippen molar-refractivity contribution in [1.29, 1.82) is 0 Å². The van der Waals surface area contributed by atoms with E-state index in [0.717, 1.165) is 25.3 Å². The molecule has 1 N–H and O–H groups in total. The molecule has 1 heterocycles. The molecule has 0 aliphatic heterocycles. The average molecular weight is 356 g/mol. The number of hydrogen-bond donors (Lipinski definition) is 1. The van der Waals surface area contributed by atoms with E-state index in [-0.39, 0.29) is 29.2 Å². The SMILES string of the molecule is COC1CCCC1NCc1cc(C(F)(F)F)c2oc(C(C)C)nc2c1. The molecular formula is C18H23F3N2O2. The predicted molar refractivity (Wildman–Crippen MR) is 88.4 cm³/mol. The second kappa shape index (κ2) is 6.96. The van der Waals surface area contributed by atoms with Crippen molar-refractivity contribution in [2.45, 2.75) is 63.9 Å². The molecule has 1 saturated carbocycles. The van der Waals surface area contributed by atoms with E-state index in [4.69, 9.17) is 9.15 Å². The zero-order chi connectivity index (χ0) is 18.2. The van der Waals surface area contributed by atoms with Gasteiger partial charge in [-0.3, -0.25) is 0 Å². The van der Waals surface area contributed by atoms with Crippen molar-refractivity contribution >= 4 is 11.1 Å². The molecular weight excluding hydrogens is 333 g/mol. The van der Waals surface area contributed by atoms with Crippen molar-refractivity contribution in [1.82, 2.24) is 10.3 Å². The van der Waals surface area contributed by atoms with Crippen LogP contribution in [0.5, 0.6) is 0 Å². The molecule has 138 valence electrons. The number of nitrogens with one attached hydrogen (secondary N) is 1. The van der Waals surface area contributed by atoms with E-state index < -0.39 is 11.7 Å². The maximum Gasteiger partial charge on any atom is 0.420 e. The number of oxazole rings is 1. The molecule has 0 bridgehead atoms. The Kier molecular flexibility index (Phi) is 5.06. The Balaban J connectivity index is 1.90. The summed E-state index contributed by atoms with van der Waals surface area (Å²) in [7, 11) is 1.67. The van der Waals surface area contributed by atoms with Crippen LogP contribution in [-0.4, -0.2) is 24.2 Å². The summed E-state index contributed by atoms with van der Waals surface area (Å²) in [6.07, 6.45) is -1.37. The predicted octanol–water partition coefficient (Wildman–Crippen LogP) is 4.63. The molecule has 1 aliphatic carbocycles. The van der Waals surface area contributed by atoms with Crippen molar-refractivity contribution < 1.29 is 22.3 Å². The number of nitrogens with zero attached hydrogens (tertiary/aromatic N) is 1. The molecule has 1 aliphatic rings. The molecule has 1 fully saturated rings. The molecule has 2 aromatic rings. The van der Waals surface area contributed by atoms with Gasteiger partial charge in [0.25, 0.3) is 0 Å². The molecule has 0 radical (unpaired) electrons. The van der Waals surface area contributed by atoms with Crippen LogP contribution in [0, 0.1) is 0 Å². The van der Waals surface area contributed by atoms with Crippen LogP contribution in [0.25, 0.3) is 11.1 Å². The Labute approximate surface area is 144 Å². The van der Waals surface area contributed by atoms with Gasteiger partial charge in [0.15, 0.2) is 11.5 Å². The van der Waals surface area contributed by atoms with Crippen LogP contribution >= 0.6 is 0 Å². The van der Waals surface area contributed by atoms with Crippen molar-refractivity contribution in [3.05, 3.63) is 29.2 Å². The lowest BCUT2D eigenvalue weighted by Gasteiger charge is -2.20. The Bertz CT molecular complexity index is 740. The second-order valence-corrected chi connectivity index (χ2v) is 6.89. The molecule has 0 amide bonds. The molecule has 2 atom stereocenters. The third-order valence-electron chi connectivity index (χ3n) is 4.69. The Morgan fingerprint density at radius 2 is 2.08 bits per heavy atom. The molecule has 1 aromatic heterocycles. The standard InChI is InChI=1S/C18H23F3N2O2/c1-10(2)17-23-14-8-11(7-12(16(14)25-17)18(19,20)21)9-22-13-5-4-6-15(13)24-3/h7-8,10,13,15,22H,4-6,9H2,1-3H3. The number of fused-ring (bicyclic) bond motifs is 1. The van der Waals surface area contributed by atoms with Gasteiger partial charge in [-0.1, -0.05) is 13.8 Å². The largest absolute Gasteiger partial charge is 0.440 e. The fraction of sp³-hybridized carbons (Fsp3) is 0.611. The quantitative estimate of drug-likeness (QED) is 0.849. The average Bonchev–Trinajstić information content (AvgIpc) is 3.17. The van der Waals surface area contributed by atoms with Gasteiger partial charge in [0.05, 0.1) is 6.10 Å². The summed E-state index contributed by atoms with van der Waals surface area (Å²) in [4.78, 5) is 4.24. The van der Waals surface area contributed by atoms with Gasteiger partial charge in [-0.05, 0) is 37.0 Å². The highest BCUT2D eigenvalue weighted by molar-refractivity contribution is 5.78. The van der Waals surface area contributed by atoms with E-state index in [1.807, 2.05) is 13.8 Å². The molecule has 1 aromatic carbocycles. The third-order valence-corrected chi connectivity index (χ3v) is 4.69. The van der Waals surface area contributed by atoms with Crippen LogP contribution < -0.4 is 5.32 Å². The van der Waals surface area contributed by atoms with Gasteiger partial charge in [0.1, 0.15) is 11.1 Å². The van der Waals surface area contributed by atoms with Crippen LogP contribution in [0.15, 0.2) is 16.5 Å². The third kappa shape index (κ3) is 3.82. The monoisotopic (exact) mass is 356 g/mol. The first-order valence-electron chi connectivity index (χ1n) is 8.56. The van der Waals surface area contributed by atoms with E-state index in [0.29, 0.717) is 18.0 Å². The highest BCUT2D eigenvalue weighted by Crippen LogP contribution is 2.37. The molecule has 25 heavy (non-hydrogen) atoms. The van der Waals surface area contributed by atoms with Gasteiger partial charge in [0.2, 0.25) is 0 Å². The van der Waals surface area contributed by atoms with Gasteiger partial charge in [-0.25, -0.2) is 4.98 Å². The molecule has 4 nitrogen and oxygen atoms in total. The van der Waals surface area contributed by atoms with Gasteiger partial charge in [-0.2, -0.15) is 13.2 Å². The summed E-state index contributed by atoms with van der Waals surface area (Å²) in [6, 6.07) is 2.99. The Morgan fingerprint density at radius 3 is 2.72 bits per heavy atom. The number of rotatable bonds is 5. The molecule has 3 rings (SSSR count). The lowest BCUT2D eigenvalue weighted by atomic mass is 10.1. The normalized spacial score (nSPS) is 21.6. The van der Waals surface area contributed by atoms with E-state index >= 15 is 0 Å². The van der Waals surface area contributed by atoms with E-state index in [1.165, 1.54) is 0 Å². The lowest BCUT2D eigenvalue weighted by Crippen LogP contribution is -2.36. The first-order valence-corrected chi connectivity index (χ1v) is 8.56. The summed E-state index contributed by atoms with van der Waals surface area (Å²) < 4.78 is 51.1. The van der Waals surface area contributed by atoms with Crippen molar-refractivity contribution in [2.24, 2.45) is 0 Å². The molecule has 2 unspecified atom stereocenters. The number of alkyl halides is 3. The summed E-state index contributed by atoms with van der Waals surface area (Å²) in [6.45, 7) is 4.02. The number of methoxy groups -OCH3 is 1.